The number of hydrogen-bond donors (Lipinski definition) is 0. The lowest BCUT2D eigenvalue weighted by Gasteiger charge is -2.28. The van der Waals surface area contributed by atoms with Gasteiger partial charge in [0.1, 0.15) is 16.5 Å². The Kier molecular flexibility index (Phi) is 5.41. The largest absolute Gasteiger partial charge is 0.378 e. The summed E-state index contributed by atoms with van der Waals surface area (Å²) in [5.74, 6) is 2.40. The molecule has 0 unspecified atom stereocenters. The van der Waals surface area contributed by atoms with E-state index in [1.807, 2.05) is 0 Å². The normalized spacial score (nSPS) is 15.5. The number of hydrogen-bond acceptors (Lipinski definition) is 5. The Morgan fingerprint density at radius 3 is 2.62 bits per heavy atom. The van der Waals surface area contributed by atoms with Gasteiger partial charge in [-0.1, -0.05) is 20.8 Å². The maximum Gasteiger partial charge on any atom is 0.141 e. The van der Waals surface area contributed by atoms with E-state index >= 15 is 0 Å². The molecule has 21 heavy (non-hydrogen) atoms. The van der Waals surface area contributed by atoms with E-state index in [2.05, 4.69) is 31.7 Å². The number of ether oxygens (including phenoxy) is 1. The van der Waals surface area contributed by atoms with Crippen molar-refractivity contribution in [3.8, 4) is 0 Å². The van der Waals surface area contributed by atoms with Crippen LogP contribution in [0, 0.1) is 0 Å². The van der Waals surface area contributed by atoms with Gasteiger partial charge in [-0.25, -0.2) is 9.97 Å². The second-order valence-corrected chi connectivity index (χ2v) is 6.56. The van der Waals surface area contributed by atoms with Crippen LogP contribution in [-0.4, -0.2) is 36.3 Å². The van der Waals surface area contributed by atoms with Gasteiger partial charge in [-0.2, -0.15) is 0 Å². The first-order valence-corrected chi connectivity index (χ1v) is 8.13. The van der Waals surface area contributed by atoms with Gasteiger partial charge in [0.15, 0.2) is 0 Å². The molecule has 0 N–H and O–H groups in total. The molecule has 0 radical (unpaired) electrons. The molecule has 0 aromatic carbocycles. The Morgan fingerprint density at radius 2 is 2.00 bits per heavy atom. The van der Waals surface area contributed by atoms with Crippen LogP contribution in [0.15, 0.2) is 6.07 Å². The fourth-order valence-electron chi connectivity index (χ4n) is 2.42. The van der Waals surface area contributed by atoms with Crippen molar-refractivity contribution in [3.05, 3.63) is 16.8 Å². The van der Waals surface area contributed by atoms with Gasteiger partial charge in [-0.3, -0.25) is 0 Å². The summed E-state index contributed by atoms with van der Waals surface area (Å²) < 4.78 is 5.45. The van der Waals surface area contributed by atoms with E-state index in [1.165, 1.54) is 10.3 Å². The highest BCUT2D eigenvalue weighted by molar-refractivity contribution is 7.18. The molecule has 3 heterocycles. The molecular weight excluding hydrogens is 306 g/mol. The monoisotopic (exact) mass is 327 g/mol. The SMILES string of the molecule is CCc1cc2c(N3CCOCC3)nc(C(C)C)nc2s1.Cl. The molecule has 0 aliphatic carbocycles. The summed E-state index contributed by atoms with van der Waals surface area (Å²) in [5.41, 5.74) is 0. The smallest absolute Gasteiger partial charge is 0.141 e. The third kappa shape index (κ3) is 3.30. The molecule has 6 heteroatoms. The van der Waals surface area contributed by atoms with Crippen molar-refractivity contribution in [1.29, 1.82) is 0 Å². The lowest BCUT2D eigenvalue weighted by atomic mass is 10.2. The van der Waals surface area contributed by atoms with Gasteiger partial charge in [0.2, 0.25) is 0 Å². The minimum atomic E-state index is 0. The van der Waals surface area contributed by atoms with E-state index in [0.29, 0.717) is 5.92 Å². The summed E-state index contributed by atoms with van der Waals surface area (Å²) in [6, 6.07) is 2.26. The molecule has 2 aromatic rings. The standard InChI is InChI=1S/C15H21N3OS.ClH/c1-4-11-9-12-14(18-5-7-19-8-6-18)16-13(10(2)3)17-15(12)20-11;/h9-10H,4-8H2,1-3H3;1H. The molecule has 116 valence electrons. The first-order chi connectivity index (χ1) is 9.69. The van der Waals surface area contributed by atoms with E-state index in [-0.39, 0.29) is 12.4 Å². The van der Waals surface area contributed by atoms with Crippen molar-refractivity contribution < 1.29 is 4.74 Å². The van der Waals surface area contributed by atoms with E-state index < -0.39 is 0 Å². The van der Waals surface area contributed by atoms with E-state index in [1.54, 1.807) is 11.3 Å². The van der Waals surface area contributed by atoms with Crippen molar-refractivity contribution in [2.45, 2.75) is 33.1 Å². The number of morpholine rings is 1. The minimum Gasteiger partial charge on any atom is -0.378 e. The maximum absolute atomic E-state index is 5.45. The van der Waals surface area contributed by atoms with Crippen LogP contribution in [0.5, 0.6) is 0 Å². The first-order valence-electron chi connectivity index (χ1n) is 7.32. The highest BCUT2D eigenvalue weighted by Crippen LogP contribution is 2.32. The molecule has 0 saturated carbocycles. The predicted molar refractivity (Wildman–Crippen MR) is 91.2 cm³/mol. The van der Waals surface area contributed by atoms with Crippen molar-refractivity contribution in [2.24, 2.45) is 0 Å². The van der Waals surface area contributed by atoms with Crippen LogP contribution in [-0.2, 0) is 11.2 Å². The summed E-state index contributed by atoms with van der Waals surface area (Å²) in [5, 5.41) is 1.21. The Bertz CT molecular complexity index is 608. The number of anilines is 1. The number of thiophene rings is 1. The summed E-state index contributed by atoms with van der Waals surface area (Å²) in [4.78, 5) is 14.4. The number of rotatable bonds is 3. The number of aromatic nitrogens is 2. The van der Waals surface area contributed by atoms with Crippen LogP contribution in [0.25, 0.3) is 10.2 Å². The molecule has 3 rings (SSSR count). The van der Waals surface area contributed by atoms with Gasteiger partial charge < -0.3 is 9.64 Å². The number of halogens is 1. The molecule has 0 bridgehead atoms. The number of nitrogens with zero attached hydrogens (tertiary/aromatic N) is 3. The summed E-state index contributed by atoms with van der Waals surface area (Å²) in [6.45, 7) is 9.90. The van der Waals surface area contributed by atoms with Crippen LogP contribution < -0.4 is 4.90 Å². The zero-order valence-corrected chi connectivity index (χ0v) is 14.4. The van der Waals surface area contributed by atoms with Crippen LogP contribution >= 0.6 is 23.7 Å². The molecule has 1 fully saturated rings. The fourth-order valence-corrected chi connectivity index (χ4v) is 3.39. The fraction of sp³-hybridized carbons (Fsp3) is 0.600. The highest BCUT2D eigenvalue weighted by atomic mass is 35.5. The third-order valence-electron chi connectivity index (χ3n) is 3.62. The average Bonchev–Trinajstić information content (AvgIpc) is 2.90. The second-order valence-electron chi connectivity index (χ2n) is 5.44. The molecule has 2 aromatic heterocycles. The van der Waals surface area contributed by atoms with E-state index in [9.17, 15) is 0 Å². The molecule has 1 saturated heterocycles. The van der Waals surface area contributed by atoms with Crippen LogP contribution in [0.2, 0.25) is 0 Å². The summed E-state index contributed by atoms with van der Waals surface area (Å²) in [7, 11) is 0. The van der Waals surface area contributed by atoms with Crippen LogP contribution in [0.4, 0.5) is 5.82 Å². The van der Waals surface area contributed by atoms with Gasteiger partial charge in [-0.15, -0.1) is 23.7 Å². The molecular formula is C15H22ClN3OS. The zero-order valence-electron chi connectivity index (χ0n) is 12.8. The summed E-state index contributed by atoms with van der Waals surface area (Å²) in [6.07, 6.45) is 1.06. The Labute approximate surface area is 135 Å². The zero-order chi connectivity index (χ0) is 14.1. The second kappa shape index (κ2) is 6.90. The topological polar surface area (TPSA) is 38.2 Å². The Hall–Kier alpha value is -0.910. The van der Waals surface area contributed by atoms with Gasteiger partial charge in [0, 0.05) is 23.9 Å². The molecule has 0 amide bonds. The Balaban J connectivity index is 0.00000161. The lowest BCUT2D eigenvalue weighted by Crippen LogP contribution is -2.37. The van der Waals surface area contributed by atoms with Gasteiger partial charge >= 0.3 is 0 Å². The maximum atomic E-state index is 5.45. The Morgan fingerprint density at radius 1 is 1.29 bits per heavy atom. The molecule has 0 atom stereocenters. The van der Waals surface area contributed by atoms with Gasteiger partial charge in [-0.05, 0) is 12.5 Å². The first kappa shape index (κ1) is 16.5. The molecule has 1 aliphatic heterocycles. The van der Waals surface area contributed by atoms with Crippen molar-refractivity contribution >= 4 is 39.8 Å². The quantitative estimate of drug-likeness (QED) is 0.862. The van der Waals surface area contributed by atoms with Crippen LogP contribution in [0.1, 0.15) is 37.4 Å². The summed E-state index contributed by atoms with van der Waals surface area (Å²) >= 11 is 1.80. The van der Waals surface area contributed by atoms with Crippen molar-refractivity contribution in [1.82, 2.24) is 9.97 Å². The molecule has 0 spiro atoms. The van der Waals surface area contributed by atoms with Gasteiger partial charge in [0.05, 0.1) is 18.6 Å². The number of fused-ring (bicyclic) bond motifs is 1. The van der Waals surface area contributed by atoms with Crippen LogP contribution in [0.3, 0.4) is 0 Å². The molecule has 1 aliphatic rings. The van der Waals surface area contributed by atoms with Crippen molar-refractivity contribution in [2.75, 3.05) is 31.2 Å². The lowest BCUT2D eigenvalue weighted by molar-refractivity contribution is 0.122. The molecule has 4 nitrogen and oxygen atoms in total. The number of aryl methyl sites for hydroxylation is 1. The third-order valence-corrected chi connectivity index (χ3v) is 4.79. The van der Waals surface area contributed by atoms with E-state index in [4.69, 9.17) is 14.7 Å². The van der Waals surface area contributed by atoms with E-state index in [0.717, 1.165) is 49.2 Å². The van der Waals surface area contributed by atoms with Crippen molar-refractivity contribution in [3.63, 3.8) is 0 Å². The average molecular weight is 328 g/mol. The highest BCUT2D eigenvalue weighted by Gasteiger charge is 2.19. The van der Waals surface area contributed by atoms with Gasteiger partial charge in [0.25, 0.3) is 0 Å². The predicted octanol–water partition coefficient (Wildman–Crippen LogP) is 3.64. The minimum absolute atomic E-state index is 0.